The van der Waals surface area contributed by atoms with Crippen molar-refractivity contribution in [1.82, 2.24) is 10.6 Å². The van der Waals surface area contributed by atoms with E-state index in [-0.39, 0.29) is 23.7 Å². The molecule has 82 valence electrons. The van der Waals surface area contributed by atoms with Gasteiger partial charge in [-0.15, -0.1) is 0 Å². The van der Waals surface area contributed by atoms with E-state index in [9.17, 15) is 9.59 Å². The SMILES string of the molecule is CNC(C(=O)N[C@@H](C)C(C)=O)C(C)C. The van der Waals surface area contributed by atoms with Gasteiger partial charge in [0.15, 0.2) is 5.78 Å². The van der Waals surface area contributed by atoms with Gasteiger partial charge in [-0.05, 0) is 26.8 Å². The number of ketones is 1. The number of hydrogen-bond donors (Lipinski definition) is 2. The first kappa shape index (κ1) is 13.1. The molecule has 0 aromatic rings. The molecule has 4 heteroatoms. The number of hydrogen-bond acceptors (Lipinski definition) is 3. The van der Waals surface area contributed by atoms with Crippen LogP contribution in [0, 0.1) is 5.92 Å². The summed E-state index contributed by atoms with van der Waals surface area (Å²) in [6.07, 6.45) is 0. The van der Waals surface area contributed by atoms with Gasteiger partial charge in [0.1, 0.15) is 0 Å². The Labute approximate surface area is 85.4 Å². The molecule has 0 aliphatic carbocycles. The molecule has 0 spiro atoms. The van der Waals surface area contributed by atoms with Crippen LogP contribution in [0.1, 0.15) is 27.7 Å². The number of likely N-dealkylation sites (N-methyl/N-ethyl adjacent to an activating group) is 1. The molecular formula is C10H20N2O2. The van der Waals surface area contributed by atoms with E-state index >= 15 is 0 Å². The minimum absolute atomic E-state index is 0.0306. The number of Topliss-reactive ketones (excluding diaryl/α,β-unsaturated/α-hetero) is 1. The summed E-state index contributed by atoms with van der Waals surface area (Å²) in [5.74, 6) is 0.0568. The molecule has 0 heterocycles. The van der Waals surface area contributed by atoms with Crippen LogP contribution < -0.4 is 10.6 Å². The third-order valence-corrected chi connectivity index (χ3v) is 2.23. The van der Waals surface area contributed by atoms with Gasteiger partial charge < -0.3 is 10.6 Å². The summed E-state index contributed by atoms with van der Waals surface area (Å²) in [6.45, 7) is 7.07. The minimum atomic E-state index is -0.405. The van der Waals surface area contributed by atoms with Crippen LogP contribution in [-0.2, 0) is 9.59 Å². The normalized spacial score (nSPS) is 15.0. The predicted molar refractivity (Wildman–Crippen MR) is 56.0 cm³/mol. The van der Waals surface area contributed by atoms with Crippen molar-refractivity contribution in [3.63, 3.8) is 0 Å². The van der Waals surface area contributed by atoms with Crippen LogP contribution in [-0.4, -0.2) is 30.8 Å². The molecule has 1 unspecified atom stereocenters. The van der Waals surface area contributed by atoms with Gasteiger partial charge in [-0.2, -0.15) is 0 Å². The van der Waals surface area contributed by atoms with Crippen molar-refractivity contribution in [2.24, 2.45) is 5.92 Å². The standard InChI is InChI=1S/C10H20N2O2/c1-6(2)9(11-5)10(14)12-7(3)8(4)13/h6-7,9,11H,1-5H3,(H,12,14)/t7-,9?/m0/s1. The molecule has 2 atom stereocenters. The van der Waals surface area contributed by atoms with Gasteiger partial charge in [0.2, 0.25) is 5.91 Å². The van der Waals surface area contributed by atoms with Crippen molar-refractivity contribution < 1.29 is 9.59 Å². The summed E-state index contributed by atoms with van der Waals surface area (Å²) in [5.41, 5.74) is 0. The van der Waals surface area contributed by atoms with E-state index < -0.39 is 6.04 Å². The highest BCUT2D eigenvalue weighted by Gasteiger charge is 2.22. The second kappa shape index (κ2) is 5.75. The van der Waals surface area contributed by atoms with Gasteiger partial charge in [-0.25, -0.2) is 0 Å². The third kappa shape index (κ3) is 3.87. The summed E-state index contributed by atoms with van der Waals surface area (Å²) in [7, 11) is 1.74. The average Bonchev–Trinajstić information content (AvgIpc) is 2.04. The second-order valence-corrected chi connectivity index (χ2v) is 3.85. The molecule has 0 bridgehead atoms. The van der Waals surface area contributed by atoms with Gasteiger partial charge >= 0.3 is 0 Å². The Balaban J connectivity index is 4.24. The van der Waals surface area contributed by atoms with Gasteiger partial charge in [-0.3, -0.25) is 9.59 Å². The highest BCUT2D eigenvalue weighted by atomic mass is 16.2. The van der Waals surface area contributed by atoms with E-state index in [2.05, 4.69) is 10.6 Å². The van der Waals surface area contributed by atoms with Crippen LogP contribution in [0.3, 0.4) is 0 Å². The molecule has 0 aliphatic heterocycles. The van der Waals surface area contributed by atoms with Crippen LogP contribution in [0.25, 0.3) is 0 Å². The van der Waals surface area contributed by atoms with Crippen molar-refractivity contribution in [3.05, 3.63) is 0 Å². The summed E-state index contributed by atoms with van der Waals surface area (Å²) >= 11 is 0. The van der Waals surface area contributed by atoms with Crippen molar-refractivity contribution in [3.8, 4) is 0 Å². The zero-order valence-corrected chi connectivity index (χ0v) is 9.55. The first-order chi connectivity index (χ1) is 6.40. The largest absolute Gasteiger partial charge is 0.345 e. The van der Waals surface area contributed by atoms with Gasteiger partial charge in [-0.1, -0.05) is 13.8 Å². The second-order valence-electron chi connectivity index (χ2n) is 3.85. The Morgan fingerprint density at radius 1 is 1.14 bits per heavy atom. The monoisotopic (exact) mass is 200 g/mol. The van der Waals surface area contributed by atoms with Crippen LogP contribution in [0.15, 0.2) is 0 Å². The number of carbonyl (C=O) groups excluding carboxylic acids is 2. The number of amides is 1. The maximum atomic E-state index is 11.6. The Kier molecular flexibility index (Phi) is 5.38. The zero-order valence-electron chi connectivity index (χ0n) is 9.55. The lowest BCUT2D eigenvalue weighted by Crippen LogP contribution is -2.50. The molecule has 0 fully saturated rings. The van der Waals surface area contributed by atoms with Crippen molar-refractivity contribution in [1.29, 1.82) is 0 Å². The minimum Gasteiger partial charge on any atom is -0.345 e. The third-order valence-electron chi connectivity index (χ3n) is 2.23. The van der Waals surface area contributed by atoms with Crippen LogP contribution in [0.2, 0.25) is 0 Å². The van der Waals surface area contributed by atoms with E-state index in [0.29, 0.717) is 0 Å². The lowest BCUT2D eigenvalue weighted by Gasteiger charge is -2.21. The Morgan fingerprint density at radius 3 is 1.93 bits per heavy atom. The van der Waals surface area contributed by atoms with E-state index in [0.717, 1.165) is 0 Å². The molecule has 0 radical (unpaired) electrons. The first-order valence-electron chi connectivity index (χ1n) is 4.88. The summed E-state index contributed by atoms with van der Waals surface area (Å²) in [5, 5.41) is 5.58. The maximum Gasteiger partial charge on any atom is 0.237 e. The zero-order chi connectivity index (χ0) is 11.3. The van der Waals surface area contributed by atoms with Crippen LogP contribution >= 0.6 is 0 Å². The van der Waals surface area contributed by atoms with Crippen LogP contribution in [0.5, 0.6) is 0 Å². The van der Waals surface area contributed by atoms with Crippen LogP contribution in [0.4, 0.5) is 0 Å². The molecule has 0 saturated carbocycles. The number of carbonyl (C=O) groups is 2. The van der Waals surface area contributed by atoms with E-state index in [1.54, 1.807) is 14.0 Å². The molecule has 2 N–H and O–H groups in total. The molecule has 4 nitrogen and oxygen atoms in total. The number of rotatable bonds is 5. The molecule has 14 heavy (non-hydrogen) atoms. The molecule has 1 amide bonds. The molecule has 0 aliphatic rings. The Morgan fingerprint density at radius 2 is 1.64 bits per heavy atom. The summed E-state index contributed by atoms with van der Waals surface area (Å²) in [4.78, 5) is 22.5. The Bertz CT molecular complexity index is 214. The van der Waals surface area contributed by atoms with Crippen molar-refractivity contribution >= 4 is 11.7 Å². The maximum absolute atomic E-state index is 11.6. The predicted octanol–water partition coefficient (Wildman–Crippen LogP) is 0.324. The molecule has 0 aromatic carbocycles. The fourth-order valence-electron chi connectivity index (χ4n) is 1.17. The highest BCUT2D eigenvalue weighted by Crippen LogP contribution is 2.01. The van der Waals surface area contributed by atoms with Gasteiger partial charge in [0, 0.05) is 0 Å². The lowest BCUT2D eigenvalue weighted by atomic mass is 10.0. The van der Waals surface area contributed by atoms with Crippen molar-refractivity contribution in [2.75, 3.05) is 7.05 Å². The average molecular weight is 200 g/mol. The highest BCUT2D eigenvalue weighted by molar-refractivity contribution is 5.89. The fourth-order valence-corrected chi connectivity index (χ4v) is 1.17. The van der Waals surface area contributed by atoms with E-state index in [4.69, 9.17) is 0 Å². The molecule has 0 rings (SSSR count). The molecular weight excluding hydrogens is 180 g/mol. The number of nitrogens with one attached hydrogen (secondary N) is 2. The van der Waals surface area contributed by atoms with E-state index in [1.165, 1.54) is 6.92 Å². The topological polar surface area (TPSA) is 58.2 Å². The molecule has 0 aromatic heterocycles. The van der Waals surface area contributed by atoms with Gasteiger partial charge in [0.25, 0.3) is 0 Å². The quantitative estimate of drug-likeness (QED) is 0.672. The van der Waals surface area contributed by atoms with Crippen molar-refractivity contribution in [2.45, 2.75) is 39.8 Å². The lowest BCUT2D eigenvalue weighted by molar-refractivity contribution is -0.128. The Hall–Kier alpha value is -0.900. The first-order valence-corrected chi connectivity index (χ1v) is 4.88. The summed E-state index contributed by atoms with van der Waals surface area (Å²) < 4.78 is 0. The van der Waals surface area contributed by atoms with Gasteiger partial charge in [0.05, 0.1) is 12.1 Å². The fraction of sp³-hybridized carbons (Fsp3) is 0.800. The molecule has 0 saturated heterocycles. The smallest absolute Gasteiger partial charge is 0.237 e. The summed E-state index contributed by atoms with van der Waals surface area (Å²) in [6, 6.07) is -0.645. The van der Waals surface area contributed by atoms with E-state index in [1.807, 2.05) is 13.8 Å².